The Balaban J connectivity index is 1.57. The molecule has 0 unspecified atom stereocenters. The third-order valence-corrected chi connectivity index (χ3v) is 4.04. The molecule has 2 heterocycles. The third-order valence-electron chi connectivity index (χ3n) is 3.36. The number of hydrogen-bond donors (Lipinski definition) is 1. The summed E-state index contributed by atoms with van der Waals surface area (Å²) in [5.74, 6) is -0.0379. The number of rotatable bonds is 4. The van der Waals surface area contributed by atoms with Crippen molar-refractivity contribution in [2.24, 2.45) is 0 Å². The highest BCUT2D eigenvalue weighted by atomic mass is 32.1. The molecule has 2 aromatic rings. The number of nitrogens with one attached hydrogen (secondary N) is 1. The molecule has 21 heavy (non-hydrogen) atoms. The highest BCUT2D eigenvalue weighted by Gasteiger charge is 2.11. The van der Waals surface area contributed by atoms with Gasteiger partial charge >= 0.3 is 0 Å². The summed E-state index contributed by atoms with van der Waals surface area (Å²) in [6.45, 7) is 3.39. The lowest BCUT2D eigenvalue weighted by Crippen LogP contribution is -2.36. The van der Waals surface area contributed by atoms with Gasteiger partial charge in [-0.15, -0.1) is 11.3 Å². The minimum Gasteiger partial charge on any atom is -0.378 e. The number of aromatic nitrogens is 1. The van der Waals surface area contributed by atoms with E-state index < -0.39 is 0 Å². The van der Waals surface area contributed by atoms with Crippen LogP contribution in [0.2, 0.25) is 0 Å². The molecule has 5 nitrogen and oxygen atoms in total. The Hall–Kier alpha value is -1.92. The van der Waals surface area contributed by atoms with E-state index >= 15 is 0 Å². The summed E-state index contributed by atoms with van der Waals surface area (Å²) in [7, 11) is 0. The molecule has 0 spiro atoms. The van der Waals surface area contributed by atoms with Crippen molar-refractivity contribution in [3.63, 3.8) is 0 Å². The van der Waals surface area contributed by atoms with Gasteiger partial charge in [-0.2, -0.15) is 0 Å². The maximum Gasteiger partial charge on any atom is 0.230 e. The summed E-state index contributed by atoms with van der Waals surface area (Å²) in [6, 6.07) is 8.15. The van der Waals surface area contributed by atoms with E-state index in [4.69, 9.17) is 4.74 Å². The second kappa shape index (κ2) is 6.69. The minimum absolute atomic E-state index is 0.0379. The normalized spacial score (nSPS) is 15.0. The van der Waals surface area contributed by atoms with Gasteiger partial charge in [0, 0.05) is 30.4 Å². The van der Waals surface area contributed by atoms with Crippen molar-refractivity contribution in [2.75, 3.05) is 36.5 Å². The number of nitrogens with zero attached hydrogens (tertiary/aromatic N) is 2. The second-order valence-electron chi connectivity index (χ2n) is 4.83. The fourth-order valence-corrected chi connectivity index (χ4v) is 2.83. The molecule has 1 amide bonds. The molecule has 1 saturated heterocycles. The van der Waals surface area contributed by atoms with E-state index in [-0.39, 0.29) is 5.91 Å². The number of carbonyl (C=O) groups excluding carboxylic acids is 1. The van der Waals surface area contributed by atoms with Gasteiger partial charge < -0.3 is 15.0 Å². The number of morpholine rings is 1. The molecule has 1 aromatic heterocycles. The van der Waals surface area contributed by atoms with Crippen LogP contribution in [0.3, 0.4) is 0 Å². The van der Waals surface area contributed by atoms with Crippen LogP contribution in [0.4, 0.5) is 10.8 Å². The number of carbonyl (C=O) groups is 1. The lowest BCUT2D eigenvalue weighted by atomic mass is 10.1. The lowest BCUT2D eigenvalue weighted by molar-refractivity contribution is -0.115. The molecule has 1 fully saturated rings. The summed E-state index contributed by atoms with van der Waals surface area (Å²) in [6.07, 6.45) is 2.04. The molecule has 110 valence electrons. The Morgan fingerprint density at radius 3 is 2.71 bits per heavy atom. The highest BCUT2D eigenvalue weighted by Crippen LogP contribution is 2.17. The topological polar surface area (TPSA) is 54.5 Å². The van der Waals surface area contributed by atoms with Gasteiger partial charge in [-0.3, -0.25) is 4.79 Å². The van der Waals surface area contributed by atoms with Crippen LogP contribution < -0.4 is 10.2 Å². The van der Waals surface area contributed by atoms with Crippen LogP contribution in [0.5, 0.6) is 0 Å². The molecule has 3 rings (SSSR count). The zero-order valence-corrected chi connectivity index (χ0v) is 12.4. The Bertz CT molecular complexity index is 577. The standard InChI is InChI=1S/C15H17N3O2S/c19-14(17-15-16-5-10-21-15)11-12-1-3-13(4-2-12)18-6-8-20-9-7-18/h1-5,10H,6-9,11H2,(H,16,17,19). The van der Waals surface area contributed by atoms with E-state index in [1.165, 1.54) is 17.0 Å². The van der Waals surface area contributed by atoms with Crippen LogP contribution in [0.25, 0.3) is 0 Å². The minimum atomic E-state index is -0.0379. The molecule has 6 heteroatoms. The summed E-state index contributed by atoms with van der Waals surface area (Å²) >= 11 is 1.42. The van der Waals surface area contributed by atoms with Crippen LogP contribution in [-0.2, 0) is 16.0 Å². The van der Waals surface area contributed by atoms with Crippen molar-refractivity contribution in [3.8, 4) is 0 Å². The molecule has 1 N–H and O–H groups in total. The Labute approximate surface area is 127 Å². The van der Waals surface area contributed by atoms with Crippen molar-refractivity contribution in [2.45, 2.75) is 6.42 Å². The average molecular weight is 303 g/mol. The fraction of sp³-hybridized carbons (Fsp3) is 0.333. The van der Waals surface area contributed by atoms with Gasteiger partial charge in [-0.05, 0) is 17.7 Å². The zero-order chi connectivity index (χ0) is 14.5. The molecule has 0 bridgehead atoms. The van der Waals surface area contributed by atoms with E-state index in [0.29, 0.717) is 11.6 Å². The first kappa shape index (κ1) is 14.0. The molecule has 0 atom stereocenters. The van der Waals surface area contributed by atoms with Crippen molar-refractivity contribution in [1.29, 1.82) is 0 Å². The van der Waals surface area contributed by atoms with E-state index in [2.05, 4.69) is 27.3 Å². The monoisotopic (exact) mass is 303 g/mol. The van der Waals surface area contributed by atoms with Gasteiger partial charge in [0.1, 0.15) is 0 Å². The number of amides is 1. The fourth-order valence-electron chi connectivity index (χ4n) is 2.28. The first-order valence-corrected chi connectivity index (χ1v) is 7.80. The SMILES string of the molecule is O=C(Cc1ccc(N2CCOCC2)cc1)Nc1nccs1. The zero-order valence-electron chi connectivity index (χ0n) is 11.6. The van der Waals surface area contributed by atoms with E-state index in [0.717, 1.165) is 31.9 Å². The maximum atomic E-state index is 11.9. The number of benzene rings is 1. The van der Waals surface area contributed by atoms with Crippen molar-refractivity contribution >= 4 is 28.1 Å². The summed E-state index contributed by atoms with van der Waals surface area (Å²) < 4.78 is 5.35. The van der Waals surface area contributed by atoms with Gasteiger partial charge in [-0.25, -0.2) is 4.98 Å². The Kier molecular flexibility index (Phi) is 4.47. The van der Waals surface area contributed by atoms with Gasteiger partial charge in [0.25, 0.3) is 0 Å². The van der Waals surface area contributed by atoms with E-state index in [9.17, 15) is 4.79 Å². The number of ether oxygens (including phenoxy) is 1. The highest BCUT2D eigenvalue weighted by molar-refractivity contribution is 7.13. The molecule has 0 saturated carbocycles. The molecular formula is C15H17N3O2S. The quantitative estimate of drug-likeness (QED) is 0.940. The maximum absolute atomic E-state index is 11.9. The molecule has 0 radical (unpaired) electrons. The van der Waals surface area contributed by atoms with Crippen LogP contribution >= 0.6 is 11.3 Å². The predicted molar refractivity (Wildman–Crippen MR) is 83.9 cm³/mol. The van der Waals surface area contributed by atoms with E-state index in [1.54, 1.807) is 6.20 Å². The van der Waals surface area contributed by atoms with Gasteiger partial charge in [0.2, 0.25) is 5.91 Å². The molecular weight excluding hydrogens is 286 g/mol. The molecule has 1 aliphatic heterocycles. The van der Waals surface area contributed by atoms with Gasteiger partial charge in [0.05, 0.1) is 19.6 Å². The second-order valence-corrected chi connectivity index (χ2v) is 5.72. The largest absolute Gasteiger partial charge is 0.378 e. The first-order chi connectivity index (χ1) is 10.3. The van der Waals surface area contributed by atoms with Gasteiger partial charge in [-0.1, -0.05) is 12.1 Å². The van der Waals surface area contributed by atoms with Gasteiger partial charge in [0.15, 0.2) is 5.13 Å². The van der Waals surface area contributed by atoms with Crippen molar-refractivity contribution in [3.05, 3.63) is 41.4 Å². The Morgan fingerprint density at radius 2 is 2.05 bits per heavy atom. The van der Waals surface area contributed by atoms with Crippen LogP contribution in [-0.4, -0.2) is 37.2 Å². The van der Waals surface area contributed by atoms with Crippen LogP contribution in [0, 0.1) is 0 Å². The average Bonchev–Trinajstić information content (AvgIpc) is 3.02. The van der Waals surface area contributed by atoms with Crippen LogP contribution in [0.1, 0.15) is 5.56 Å². The number of anilines is 2. The van der Waals surface area contributed by atoms with Crippen molar-refractivity contribution < 1.29 is 9.53 Å². The van der Waals surface area contributed by atoms with Crippen molar-refractivity contribution in [1.82, 2.24) is 4.98 Å². The Morgan fingerprint density at radius 1 is 1.29 bits per heavy atom. The smallest absolute Gasteiger partial charge is 0.230 e. The summed E-state index contributed by atoms with van der Waals surface area (Å²) in [4.78, 5) is 18.2. The first-order valence-electron chi connectivity index (χ1n) is 6.92. The summed E-state index contributed by atoms with van der Waals surface area (Å²) in [5.41, 5.74) is 2.18. The molecule has 1 aromatic carbocycles. The molecule has 0 aliphatic carbocycles. The third kappa shape index (κ3) is 3.80. The lowest BCUT2D eigenvalue weighted by Gasteiger charge is -2.28. The van der Waals surface area contributed by atoms with Crippen LogP contribution in [0.15, 0.2) is 35.8 Å². The summed E-state index contributed by atoms with van der Waals surface area (Å²) in [5, 5.41) is 5.27. The predicted octanol–water partition coefficient (Wildman–Crippen LogP) is 2.16. The number of hydrogen-bond acceptors (Lipinski definition) is 5. The molecule has 1 aliphatic rings. The number of thiazole rings is 1. The van der Waals surface area contributed by atoms with E-state index in [1.807, 2.05) is 17.5 Å².